The Kier molecular flexibility index (Phi) is 9.27. The van der Waals surface area contributed by atoms with Gasteiger partial charge in [-0.1, -0.05) is 16.9 Å². The monoisotopic (exact) mass is 370 g/mol. The molecule has 2 aromatic rings. The number of nitro benzene ring substituents is 1. The van der Waals surface area contributed by atoms with E-state index in [1.807, 2.05) is 18.2 Å². The third-order valence-electron chi connectivity index (χ3n) is 2.21. The van der Waals surface area contributed by atoms with E-state index in [0.29, 0.717) is 0 Å². The molecule has 2 rings (SSSR count). The van der Waals surface area contributed by atoms with Crippen molar-refractivity contribution in [3.05, 3.63) is 58.8 Å². The van der Waals surface area contributed by atoms with Crippen molar-refractivity contribution < 1.29 is 24.7 Å². The van der Waals surface area contributed by atoms with Gasteiger partial charge in [0.2, 0.25) is 0 Å². The lowest BCUT2D eigenvalue weighted by Crippen LogP contribution is -2.02. The SMILES string of the molecule is O=C(O)Oc1ccc([N+](=O)[O-])cc1.OCCSSc1ccccn1. The summed E-state index contributed by atoms with van der Waals surface area (Å²) in [6.45, 7) is 0.227. The second kappa shape index (κ2) is 11.3. The molecule has 0 amide bonds. The number of benzene rings is 1. The fourth-order valence-electron chi connectivity index (χ4n) is 1.27. The van der Waals surface area contributed by atoms with Gasteiger partial charge in [0, 0.05) is 24.1 Å². The topological polar surface area (TPSA) is 123 Å². The van der Waals surface area contributed by atoms with E-state index in [1.54, 1.807) is 27.8 Å². The molecule has 0 saturated heterocycles. The fourth-order valence-corrected chi connectivity index (χ4v) is 2.92. The minimum Gasteiger partial charge on any atom is -0.449 e. The van der Waals surface area contributed by atoms with Crippen LogP contribution in [0, 0.1) is 10.1 Å². The number of rotatable bonds is 6. The molecular formula is C14H14N2O6S2. The zero-order valence-electron chi connectivity index (χ0n) is 12.3. The van der Waals surface area contributed by atoms with Crippen LogP contribution in [0.2, 0.25) is 0 Å². The molecule has 10 heteroatoms. The molecule has 8 nitrogen and oxygen atoms in total. The van der Waals surface area contributed by atoms with Gasteiger partial charge in [0.05, 0.1) is 11.5 Å². The Balaban J connectivity index is 0.000000243. The van der Waals surface area contributed by atoms with Gasteiger partial charge in [-0.2, -0.15) is 0 Å². The van der Waals surface area contributed by atoms with Crippen LogP contribution in [-0.4, -0.2) is 38.6 Å². The van der Waals surface area contributed by atoms with E-state index in [0.717, 1.165) is 22.9 Å². The first kappa shape index (κ1) is 19.7. The first-order valence-corrected chi connectivity index (χ1v) is 8.81. The summed E-state index contributed by atoms with van der Waals surface area (Å²) in [7, 11) is 3.20. The lowest BCUT2D eigenvalue weighted by atomic mass is 10.3. The van der Waals surface area contributed by atoms with E-state index in [-0.39, 0.29) is 18.0 Å². The molecule has 24 heavy (non-hydrogen) atoms. The predicted molar refractivity (Wildman–Crippen MR) is 91.4 cm³/mol. The van der Waals surface area contributed by atoms with E-state index in [1.165, 1.54) is 12.1 Å². The third-order valence-corrected chi connectivity index (χ3v) is 4.45. The zero-order chi connectivity index (χ0) is 17.8. The number of aliphatic hydroxyl groups excluding tert-OH is 1. The van der Waals surface area contributed by atoms with Gasteiger partial charge in [-0.3, -0.25) is 10.1 Å². The van der Waals surface area contributed by atoms with Crippen molar-refractivity contribution in [1.82, 2.24) is 4.98 Å². The van der Waals surface area contributed by atoms with Gasteiger partial charge in [0.25, 0.3) is 5.69 Å². The van der Waals surface area contributed by atoms with Crippen LogP contribution >= 0.6 is 21.6 Å². The van der Waals surface area contributed by atoms with Crippen LogP contribution in [0.1, 0.15) is 0 Å². The van der Waals surface area contributed by atoms with Crippen LogP contribution < -0.4 is 4.74 Å². The van der Waals surface area contributed by atoms with E-state index < -0.39 is 11.1 Å². The zero-order valence-corrected chi connectivity index (χ0v) is 13.9. The van der Waals surface area contributed by atoms with Gasteiger partial charge in [0.1, 0.15) is 10.8 Å². The molecule has 2 N–H and O–H groups in total. The maximum Gasteiger partial charge on any atom is 0.511 e. The normalized spacial score (nSPS) is 9.54. The molecule has 0 aliphatic heterocycles. The largest absolute Gasteiger partial charge is 0.511 e. The van der Waals surface area contributed by atoms with Crippen molar-refractivity contribution in [2.24, 2.45) is 0 Å². The van der Waals surface area contributed by atoms with E-state index in [4.69, 9.17) is 10.2 Å². The number of ether oxygens (including phenoxy) is 1. The molecular weight excluding hydrogens is 356 g/mol. The number of aliphatic hydroxyl groups is 1. The van der Waals surface area contributed by atoms with Gasteiger partial charge in [-0.15, -0.1) is 0 Å². The van der Waals surface area contributed by atoms with Crippen LogP contribution in [0.5, 0.6) is 5.75 Å². The summed E-state index contributed by atoms with van der Waals surface area (Å²) in [5, 5.41) is 27.9. The molecule has 0 unspecified atom stereocenters. The van der Waals surface area contributed by atoms with Crippen molar-refractivity contribution >= 4 is 33.4 Å². The lowest BCUT2D eigenvalue weighted by molar-refractivity contribution is -0.384. The highest BCUT2D eigenvalue weighted by molar-refractivity contribution is 8.76. The molecule has 1 aromatic carbocycles. The van der Waals surface area contributed by atoms with Gasteiger partial charge in [-0.05, 0) is 35.1 Å². The average Bonchev–Trinajstić information content (AvgIpc) is 2.57. The van der Waals surface area contributed by atoms with Gasteiger partial charge in [0.15, 0.2) is 0 Å². The van der Waals surface area contributed by atoms with Gasteiger partial charge < -0.3 is 14.9 Å². The quantitative estimate of drug-likeness (QED) is 0.196. The molecule has 0 radical (unpaired) electrons. The second-order valence-corrected chi connectivity index (χ2v) is 6.35. The number of hydrogen-bond donors (Lipinski definition) is 2. The molecule has 0 spiro atoms. The minimum atomic E-state index is -1.45. The number of carboxylic acid groups (broad SMARTS) is 1. The Morgan fingerprint density at radius 2 is 1.96 bits per heavy atom. The Morgan fingerprint density at radius 1 is 1.25 bits per heavy atom. The van der Waals surface area contributed by atoms with Crippen molar-refractivity contribution in [2.45, 2.75) is 5.03 Å². The van der Waals surface area contributed by atoms with Gasteiger partial charge in [-0.25, -0.2) is 9.78 Å². The molecule has 0 atom stereocenters. The van der Waals surface area contributed by atoms with E-state index >= 15 is 0 Å². The Hall–Kier alpha value is -2.30. The number of aromatic nitrogens is 1. The van der Waals surface area contributed by atoms with Crippen LogP contribution in [0.15, 0.2) is 53.7 Å². The van der Waals surface area contributed by atoms with Crippen LogP contribution in [0.4, 0.5) is 10.5 Å². The number of carbonyl (C=O) groups is 1. The second-order valence-electron chi connectivity index (χ2n) is 3.92. The molecule has 1 aromatic heterocycles. The standard InChI is InChI=1S/C7H5NO5.C7H9NOS2/c9-7(10)13-6-3-1-5(2-4-6)8(11)12;9-5-6-10-11-7-3-1-2-4-8-7/h1-4H,(H,9,10);1-4,9H,5-6H2. The van der Waals surface area contributed by atoms with Gasteiger partial charge >= 0.3 is 6.16 Å². The van der Waals surface area contributed by atoms with Crippen molar-refractivity contribution in [3.8, 4) is 5.75 Å². The summed E-state index contributed by atoms with van der Waals surface area (Å²) in [6, 6.07) is 10.6. The molecule has 0 saturated carbocycles. The molecule has 0 bridgehead atoms. The summed E-state index contributed by atoms with van der Waals surface area (Å²) in [6.07, 6.45) is 0.316. The predicted octanol–water partition coefficient (Wildman–Crippen LogP) is 3.47. The number of nitro groups is 1. The average molecular weight is 370 g/mol. The highest BCUT2D eigenvalue weighted by Gasteiger charge is 2.05. The minimum absolute atomic E-state index is 0.0538. The Morgan fingerprint density at radius 3 is 2.46 bits per heavy atom. The number of pyridine rings is 1. The number of non-ortho nitro benzene ring substituents is 1. The Labute approximate surface area is 145 Å². The van der Waals surface area contributed by atoms with Crippen molar-refractivity contribution in [2.75, 3.05) is 12.4 Å². The summed E-state index contributed by atoms with van der Waals surface area (Å²) >= 11 is 0. The highest BCUT2D eigenvalue weighted by Crippen LogP contribution is 2.28. The summed E-state index contributed by atoms with van der Waals surface area (Å²) in [5.41, 5.74) is -0.113. The Bertz CT molecular complexity index is 639. The molecule has 0 aliphatic rings. The van der Waals surface area contributed by atoms with Crippen LogP contribution in [0.25, 0.3) is 0 Å². The highest BCUT2D eigenvalue weighted by atomic mass is 33.1. The first-order chi connectivity index (χ1) is 11.5. The number of nitrogens with zero attached hydrogens (tertiary/aromatic N) is 2. The summed E-state index contributed by atoms with van der Waals surface area (Å²) in [5.74, 6) is 0.805. The maximum absolute atomic E-state index is 10.2. The summed E-state index contributed by atoms with van der Waals surface area (Å²) in [4.78, 5) is 23.7. The van der Waals surface area contributed by atoms with E-state index in [2.05, 4.69) is 9.72 Å². The lowest BCUT2D eigenvalue weighted by Gasteiger charge is -1.97. The van der Waals surface area contributed by atoms with E-state index in [9.17, 15) is 14.9 Å². The first-order valence-electron chi connectivity index (χ1n) is 6.49. The maximum atomic E-state index is 10.2. The van der Waals surface area contributed by atoms with Crippen molar-refractivity contribution in [3.63, 3.8) is 0 Å². The summed E-state index contributed by atoms with van der Waals surface area (Å²) < 4.78 is 4.24. The number of hydrogen-bond acceptors (Lipinski definition) is 8. The molecule has 128 valence electrons. The van der Waals surface area contributed by atoms with Crippen LogP contribution in [-0.2, 0) is 0 Å². The molecule has 0 fully saturated rings. The fraction of sp³-hybridized carbons (Fsp3) is 0.143. The molecule has 1 heterocycles. The smallest absolute Gasteiger partial charge is 0.449 e. The van der Waals surface area contributed by atoms with Crippen molar-refractivity contribution in [1.29, 1.82) is 0 Å². The molecule has 0 aliphatic carbocycles. The third kappa shape index (κ3) is 8.36. The van der Waals surface area contributed by atoms with Crippen LogP contribution in [0.3, 0.4) is 0 Å².